The van der Waals surface area contributed by atoms with Gasteiger partial charge >= 0.3 is 5.97 Å². The number of carbonyl (C=O) groups excluding carboxylic acids is 1. The topological polar surface area (TPSA) is 109 Å². The molecule has 0 aliphatic rings. The fourth-order valence-electron chi connectivity index (χ4n) is 1.44. The summed E-state index contributed by atoms with van der Waals surface area (Å²) >= 11 is 0. The molecule has 0 unspecified atom stereocenters. The number of aromatic nitrogens is 1. The number of nitrogen functional groups attached to an aromatic ring is 1. The number of amides is 1. The number of rotatable bonds is 5. The molecule has 98 valence electrons. The third kappa shape index (κ3) is 3.09. The van der Waals surface area contributed by atoms with Crippen LogP contribution in [-0.2, 0) is 4.79 Å². The van der Waals surface area contributed by atoms with E-state index in [1.807, 2.05) is 6.92 Å². The van der Waals surface area contributed by atoms with E-state index in [-0.39, 0.29) is 23.7 Å². The molecule has 4 N–H and O–H groups in total. The predicted octanol–water partition coefficient (Wildman–Crippen LogP) is -0.0657. The third-order valence-electron chi connectivity index (χ3n) is 2.44. The molecule has 0 aliphatic carbocycles. The number of nitrogens with two attached hydrogens (primary N) is 1. The highest BCUT2D eigenvalue weighted by atomic mass is 16.4. The van der Waals surface area contributed by atoms with E-state index in [1.165, 1.54) is 12.3 Å². The largest absolute Gasteiger partial charge is 0.478 e. The highest BCUT2D eigenvalue weighted by molar-refractivity contribution is 5.89. The molecule has 1 amide bonds. The number of aromatic carboxylic acids is 1. The van der Waals surface area contributed by atoms with E-state index in [4.69, 9.17) is 10.8 Å². The quantitative estimate of drug-likeness (QED) is 0.677. The van der Waals surface area contributed by atoms with E-state index in [9.17, 15) is 9.59 Å². The number of hydrogen-bond acceptors (Lipinski definition) is 5. The molecule has 0 radical (unpaired) electrons. The van der Waals surface area contributed by atoms with Gasteiger partial charge in [-0.15, -0.1) is 0 Å². The summed E-state index contributed by atoms with van der Waals surface area (Å²) < 4.78 is 0. The van der Waals surface area contributed by atoms with Gasteiger partial charge < -0.3 is 21.1 Å². The highest BCUT2D eigenvalue weighted by Gasteiger charge is 2.15. The second kappa shape index (κ2) is 5.85. The van der Waals surface area contributed by atoms with Gasteiger partial charge in [0.25, 0.3) is 0 Å². The van der Waals surface area contributed by atoms with Crippen molar-refractivity contribution in [2.24, 2.45) is 0 Å². The second-order valence-corrected chi connectivity index (χ2v) is 3.63. The van der Waals surface area contributed by atoms with Crippen molar-refractivity contribution in [3.63, 3.8) is 0 Å². The number of carboxylic acids is 1. The maximum atomic E-state index is 11.3. The molecule has 0 bridgehead atoms. The van der Waals surface area contributed by atoms with Crippen LogP contribution in [0, 0.1) is 0 Å². The number of likely N-dealkylation sites (N-methyl/N-ethyl adjacent to an activating group) is 2. The average molecular weight is 252 g/mol. The van der Waals surface area contributed by atoms with Crippen LogP contribution in [0.2, 0.25) is 0 Å². The van der Waals surface area contributed by atoms with Gasteiger partial charge in [-0.3, -0.25) is 4.79 Å². The first-order chi connectivity index (χ1) is 8.49. The van der Waals surface area contributed by atoms with E-state index in [2.05, 4.69) is 10.3 Å². The van der Waals surface area contributed by atoms with Gasteiger partial charge in [0, 0.05) is 19.8 Å². The minimum absolute atomic E-state index is 0.0206. The van der Waals surface area contributed by atoms with Crippen molar-refractivity contribution in [2.75, 3.05) is 30.8 Å². The van der Waals surface area contributed by atoms with Gasteiger partial charge in [0.05, 0.1) is 17.8 Å². The maximum Gasteiger partial charge on any atom is 0.337 e. The van der Waals surface area contributed by atoms with Crippen molar-refractivity contribution in [2.45, 2.75) is 6.92 Å². The number of nitrogens with zero attached hydrogens (tertiary/aromatic N) is 2. The van der Waals surface area contributed by atoms with Gasteiger partial charge in [-0.25, -0.2) is 9.78 Å². The average Bonchev–Trinajstić information content (AvgIpc) is 2.35. The SMILES string of the molecule is CCN(CC(=O)NC)c1ncc(C(=O)O)cc1N. The summed E-state index contributed by atoms with van der Waals surface area (Å²) in [6.07, 6.45) is 1.22. The fourth-order valence-corrected chi connectivity index (χ4v) is 1.44. The van der Waals surface area contributed by atoms with Crippen LogP contribution in [0.15, 0.2) is 12.3 Å². The van der Waals surface area contributed by atoms with E-state index in [0.29, 0.717) is 12.4 Å². The first kappa shape index (κ1) is 13.8. The maximum absolute atomic E-state index is 11.3. The lowest BCUT2D eigenvalue weighted by Crippen LogP contribution is -2.36. The third-order valence-corrected chi connectivity index (χ3v) is 2.44. The van der Waals surface area contributed by atoms with E-state index in [0.717, 1.165) is 0 Å². The molecular weight excluding hydrogens is 236 g/mol. The Morgan fingerprint density at radius 3 is 2.67 bits per heavy atom. The second-order valence-electron chi connectivity index (χ2n) is 3.63. The number of anilines is 2. The Hall–Kier alpha value is -2.31. The Morgan fingerprint density at radius 2 is 2.22 bits per heavy atom. The lowest BCUT2D eigenvalue weighted by molar-refractivity contribution is -0.119. The number of carbonyl (C=O) groups is 2. The minimum atomic E-state index is -1.09. The van der Waals surface area contributed by atoms with Crippen LogP contribution < -0.4 is 16.0 Å². The molecule has 0 aliphatic heterocycles. The van der Waals surface area contributed by atoms with Gasteiger partial charge in [-0.05, 0) is 13.0 Å². The molecule has 1 rings (SSSR count). The first-order valence-electron chi connectivity index (χ1n) is 5.44. The molecule has 0 spiro atoms. The Morgan fingerprint density at radius 1 is 1.56 bits per heavy atom. The van der Waals surface area contributed by atoms with Gasteiger partial charge in [0.1, 0.15) is 0 Å². The van der Waals surface area contributed by atoms with Crippen LogP contribution in [0.3, 0.4) is 0 Å². The van der Waals surface area contributed by atoms with Gasteiger partial charge in [0.15, 0.2) is 5.82 Å². The lowest BCUT2D eigenvalue weighted by Gasteiger charge is -2.22. The number of hydrogen-bond donors (Lipinski definition) is 3. The smallest absolute Gasteiger partial charge is 0.337 e. The number of pyridine rings is 1. The van der Waals surface area contributed by atoms with Gasteiger partial charge in [0.2, 0.25) is 5.91 Å². The minimum Gasteiger partial charge on any atom is -0.478 e. The van der Waals surface area contributed by atoms with Crippen molar-refractivity contribution >= 4 is 23.4 Å². The molecule has 0 fully saturated rings. The Labute approximate surface area is 105 Å². The monoisotopic (exact) mass is 252 g/mol. The van der Waals surface area contributed by atoms with Crippen molar-refractivity contribution in [3.8, 4) is 0 Å². The molecule has 1 aromatic rings. The zero-order chi connectivity index (χ0) is 13.7. The number of carboxylic acid groups (broad SMARTS) is 1. The lowest BCUT2D eigenvalue weighted by atomic mass is 10.2. The molecule has 0 saturated heterocycles. The Bertz CT molecular complexity index is 462. The summed E-state index contributed by atoms with van der Waals surface area (Å²) in [5.74, 6) is -0.846. The van der Waals surface area contributed by atoms with Crippen LogP contribution in [0.25, 0.3) is 0 Å². The Balaban J connectivity index is 3.00. The molecule has 1 heterocycles. The van der Waals surface area contributed by atoms with E-state index in [1.54, 1.807) is 11.9 Å². The van der Waals surface area contributed by atoms with Crippen LogP contribution in [0.4, 0.5) is 11.5 Å². The fraction of sp³-hybridized carbons (Fsp3) is 0.364. The summed E-state index contributed by atoms with van der Waals surface area (Å²) in [6, 6.07) is 1.33. The summed E-state index contributed by atoms with van der Waals surface area (Å²) in [7, 11) is 1.54. The van der Waals surface area contributed by atoms with Crippen molar-refractivity contribution in [1.82, 2.24) is 10.3 Å². The zero-order valence-corrected chi connectivity index (χ0v) is 10.3. The molecular formula is C11H16N4O3. The van der Waals surface area contributed by atoms with Crippen LogP contribution in [-0.4, -0.2) is 42.1 Å². The zero-order valence-electron chi connectivity index (χ0n) is 10.3. The summed E-state index contributed by atoms with van der Waals surface area (Å²) in [5, 5.41) is 11.3. The van der Waals surface area contributed by atoms with Gasteiger partial charge in [-0.1, -0.05) is 0 Å². The molecule has 7 heteroatoms. The molecule has 0 aromatic carbocycles. The molecule has 0 saturated carbocycles. The summed E-state index contributed by atoms with van der Waals surface area (Å²) in [5.41, 5.74) is 6.01. The van der Waals surface area contributed by atoms with Crippen molar-refractivity contribution < 1.29 is 14.7 Å². The van der Waals surface area contributed by atoms with E-state index >= 15 is 0 Å². The highest BCUT2D eigenvalue weighted by Crippen LogP contribution is 2.20. The number of nitrogens with one attached hydrogen (secondary N) is 1. The first-order valence-corrected chi connectivity index (χ1v) is 5.44. The molecule has 7 nitrogen and oxygen atoms in total. The van der Waals surface area contributed by atoms with Crippen LogP contribution in [0.5, 0.6) is 0 Å². The molecule has 18 heavy (non-hydrogen) atoms. The van der Waals surface area contributed by atoms with E-state index < -0.39 is 5.97 Å². The standard InChI is InChI=1S/C11H16N4O3/c1-3-15(6-9(16)13-2)10-8(12)4-7(5-14-10)11(17)18/h4-5H,3,6,12H2,1-2H3,(H,13,16)(H,17,18). The predicted molar refractivity (Wildman–Crippen MR) is 67.6 cm³/mol. The Kier molecular flexibility index (Phi) is 4.47. The molecule has 1 aromatic heterocycles. The van der Waals surface area contributed by atoms with Crippen molar-refractivity contribution in [3.05, 3.63) is 17.8 Å². The van der Waals surface area contributed by atoms with Crippen molar-refractivity contribution in [1.29, 1.82) is 0 Å². The summed E-state index contributed by atoms with van der Waals surface area (Å²) in [4.78, 5) is 27.7. The van der Waals surface area contributed by atoms with Gasteiger partial charge in [-0.2, -0.15) is 0 Å². The summed E-state index contributed by atoms with van der Waals surface area (Å²) in [6.45, 7) is 2.52. The normalized spacial score (nSPS) is 9.89. The molecule has 0 atom stereocenters. The van der Waals surface area contributed by atoms with Crippen LogP contribution >= 0.6 is 0 Å². The van der Waals surface area contributed by atoms with Crippen LogP contribution in [0.1, 0.15) is 17.3 Å².